The number of halogens is 2. The summed E-state index contributed by atoms with van der Waals surface area (Å²) < 4.78 is 0. The number of amides is 2. The molecular weight excluding hydrogens is 369 g/mol. The van der Waals surface area contributed by atoms with Crippen molar-refractivity contribution in [3.8, 4) is 0 Å². The second-order valence-electron chi connectivity index (χ2n) is 5.59. The zero-order chi connectivity index (χ0) is 16.8. The van der Waals surface area contributed by atoms with E-state index in [-0.39, 0.29) is 30.8 Å². The molecule has 0 unspecified atom stereocenters. The lowest BCUT2D eigenvalue weighted by molar-refractivity contribution is -0.146. The lowest BCUT2D eigenvalue weighted by atomic mass is 10.1. The summed E-state index contributed by atoms with van der Waals surface area (Å²) in [6.07, 6.45) is 2.62. The zero-order valence-electron chi connectivity index (χ0n) is 13.6. The Morgan fingerprint density at radius 1 is 1.33 bits per heavy atom. The van der Waals surface area contributed by atoms with Crippen LogP contribution < -0.4 is 5.73 Å². The van der Waals surface area contributed by atoms with Crippen LogP contribution in [0.25, 0.3) is 0 Å². The highest BCUT2D eigenvalue weighted by molar-refractivity contribution is 7.98. The minimum Gasteiger partial charge on any atom is -0.335 e. The zero-order valence-corrected chi connectivity index (χ0v) is 16.0. The summed E-state index contributed by atoms with van der Waals surface area (Å²) >= 11 is 7.53. The molecular formula is C16H23Cl2N3O2S. The van der Waals surface area contributed by atoms with Gasteiger partial charge in [-0.2, -0.15) is 11.8 Å². The molecule has 1 saturated heterocycles. The van der Waals surface area contributed by atoms with Gasteiger partial charge in [0, 0.05) is 24.7 Å². The summed E-state index contributed by atoms with van der Waals surface area (Å²) in [6.45, 7) is 1.71. The molecule has 1 aliphatic rings. The Morgan fingerprint density at radius 2 is 2.00 bits per heavy atom. The molecule has 0 aliphatic carbocycles. The van der Waals surface area contributed by atoms with Gasteiger partial charge in [0.05, 0.1) is 12.6 Å². The van der Waals surface area contributed by atoms with Gasteiger partial charge in [-0.05, 0) is 36.1 Å². The number of hydrogen-bond acceptors (Lipinski definition) is 4. The molecule has 1 aromatic rings. The van der Waals surface area contributed by atoms with Gasteiger partial charge in [-0.3, -0.25) is 9.59 Å². The summed E-state index contributed by atoms with van der Waals surface area (Å²) in [5.74, 6) is 0.673. The average molecular weight is 392 g/mol. The summed E-state index contributed by atoms with van der Waals surface area (Å²) in [7, 11) is 0. The van der Waals surface area contributed by atoms with Crippen LogP contribution in [0.4, 0.5) is 0 Å². The maximum Gasteiger partial charge on any atom is 0.242 e. The third-order valence-electron chi connectivity index (χ3n) is 3.87. The Morgan fingerprint density at radius 3 is 2.58 bits per heavy atom. The van der Waals surface area contributed by atoms with Crippen molar-refractivity contribution in [2.24, 2.45) is 5.73 Å². The number of carbonyl (C=O) groups excluding carboxylic acids is 2. The van der Waals surface area contributed by atoms with Crippen molar-refractivity contribution < 1.29 is 9.59 Å². The van der Waals surface area contributed by atoms with Crippen LogP contribution in [0.15, 0.2) is 24.3 Å². The lowest BCUT2D eigenvalue weighted by Gasteiger charge is -2.35. The second kappa shape index (κ2) is 10.1. The van der Waals surface area contributed by atoms with Crippen LogP contribution in [0.1, 0.15) is 12.0 Å². The van der Waals surface area contributed by atoms with Crippen molar-refractivity contribution >= 4 is 47.6 Å². The van der Waals surface area contributed by atoms with Gasteiger partial charge in [-0.1, -0.05) is 23.7 Å². The van der Waals surface area contributed by atoms with Gasteiger partial charge in [-0.15, -0.1) is 12.4 Å². The number of benzene rings is 1. The van der Waals surface area contributed by atoms with Gasteiger partial charge >= 0.3 is 0 Å². The van der Waals surface area contributed by atoms with Gasteiger partial charge in [0.1, 0.15) is 0 Å². The van der Waals surface area contributed by atoms with Gasteiger partial charge in [-0.25, -0.2) is 0 Å². The van der Waals surface area contributed by atoms with E-state index in [2.05, 4.69) is 0 Å². The molecule has 1 heterocycles. The fourth-order valence-electron chi connectivity index (χ4n) is 2.48. The van der Waals surface area contributed by atoms with E-state index in [4.69, 9.17) is 17.3 Å². The minimum atomic E-state index is -0.516. The largest absolute Gasteiger partial charge is 0.335 e. The molecule has 0 bridgehead atoms. The molecule has 1 fully saturated rings. The first-order valence-corrected chi connectivity index (χ1v) is 9.34. The molecule has 1 aromatic carbocycles. The first kappa shape index (κ1) is 21.1. The van der Waals surface area contributed by atoms with Crippen LogP contribution >= 0.6 is 35.8 Å². The molecule has 0 saturated carbocycles. The number of rotatable bonds is 6. The van der Waals surface area contributed by atoms with E-state index in [1.807, 2.05) is 30.5 Å². The van der Waals surface area contributed by atoms with Crippen molar-refractivity contribution in [3.63, 3.8) is 0 Å². The number of thioether (sulfide) groups is 1. The molecule has 0 aromatic heterocycles. The smallest absolute Gasteiger partial charge is 0.242 e. The molecule has 24 heavy (non-hydrogen) atoms. The molecule has 5 nitrogen and oxygen atoms in total. The van der Waals surface area contributed by atoms with E-state index in [1.165, 1.54) is 0 Å². The molecule has 1 aliphatic heterocycles. The molecule has 8 heteroatoms. The van der Waals surface area contributed by atoms with Crippen molar-refractivity contribution in [1.82, 2.24) is 9.80 Å². The Balaban J connectivity index is 0.00000288. The summed E-state index contributed by atoms with van der Waals surface area (Å²) in [5.41, 5.74) is 6.94. The van der Waals surface area contributed by atoms with Crippen LogP contribution in [0.2, 0.25) is 5.02 Å². The van der Waals surface area contributed by atoms with Crippen molar-refractivity contribution in [2.45, 2.75) is 19.0 Å². The van der Waals surface area contributed by atoms with Crippen LogP contribution in [0, 0.1) is 0 Å². The van der Waals surface area contributed by atoms with Crippen LogP contribution in [-0.2, 0) is 16.1 Å². The van der Waals surface area contributed by atoms with Crippen LogP contribution in [0.5, 0.6) is 0 Å². The van der Waals surface area contributed by atoms with Crippen molar-refractivity contribution in [2.75, 3.05) is 31.6 Å². The molecule has 2 amide bonds. The highest BCUT2D eigenvalue weighted by atomic mass is 35.5. The summed E-state index contributed by atoms with van der Waals surface area (Å²) in [4.78, 5) is 27.9. The number of piperazine rings is 1. The van der Waals surface area contributed by atoms with E-state index in [1.54, 1.807) is 21.6 Å². The Labute approximate surface area is 158 Å². The first-order valence-electron chi connectivity index (χ1n) is 7.57. The third kappa shape index (κ3) is 5.84. The van der Waals surface area contributed by atoms with Crippen LogP contribution in [0.3, 0.4) is 0 Å². The third-order valence-corrected chi connectivity index (χ3v) is 4.76. The normalized spacial score (nSPS) is 15.9. The van der Waals surface area contributed by atoms with E-state index >= 15 is 0 Å². The predicted octanol–water partition coefficient (Wildman–Crippen LogP) is 2.01. The topological polar surface area (TPSA) is 66.6 Å². The lowest BCUT2D eigenvalue weighted by Crippen LogP contribution is -2.55. The van der Waals surface area contributed by atoms with Gasteiger partial charge < -0.3 is 15.5 Å². The molecule has 2 N–H and O–H groups in total. The van der Waals surface area contributed by atoms with Gasteiger partial charge in [0.2, 0.25) is 11.8 Å². The monoisotopic (exact) mass is 391 g/mol. The fourth-order valence-corrected chi connectivity index (χ4v) is 3.09. The highest BCUT2D eigenvalue weighted by Gasteiger charge is 2.29. The first-order chi connectivity index (χ1) is 11.0. The molecule has 134 valence electrons. The van der Waals surface area contributed by atoms with E-state index in [0.29, 0.717) is 31.1 Å². The molecule has 1 atom stereocenters. The molecule has 0 radical (unpaired) electrons. The SMILES string of the molecule is CSCC[C@H](N)C(=O)N1CCN(Cc2ccc(Cl)cc2)C(=O)C1.Cl. The Bertz CT molecular complexity index is 557. The minimum absolute atomic E-state index is 0. The molecule has 0 spiro atoms. The predicted molar refractivity (Wildman–Crippen MR) is 102 cm³/mol. The number of nitrogens with two attached hydrogens (primary N) is 1. The van der Waals surface area contributed by atoms with Crippen molar-refractivity contribution in [3.05, 3.63) is 34.9 Å². The fraction of sp³-hybridized carbons (Fsp3) is 0.500. The summed E-state index contributed by atoms with van der Waals surface area (Å²) in [5, 5.41) is 0.676. The van der Waals surface area contributed by atoms with Gasteiger partial charge in [0.25, 0.3) is 0 Å². The highest BCUT2D eigenvalue weighted by Crippen LogP contribution is 2.14. The van der Waals surface area contributed by atoms with E-state index < -0.39 is 6.04 Å². The summed E-state index contributed by atoms with van der Waals surface area (Å²) in [6, 6.07) is 6.92. The van der Waals surface area contributed by atoms with E-state index in [0.717, 1.165) is 11.3 Å². The quantitative estimate of drug-likeness (QED) is 0.805. The number of carbonyl (C=O) groups is 2. The Hall–Kier alpha value is -0.950. The molecule has 2 rings (SSSR count). The average Bonchev–Trinajstić information content (AvgIpc) is 2.55. The number of nitrogens with zero attached hydrogens (tertiary/aromatic N) is 2. The van der Waals surface area contributed by atoms with Crippen molar-refractivity contribution in [1.29, 1.82) is 0 Å². The maximum absolute atomic E-state index is 12.3. The number of hydrogen-bond donors (Lipinski definition) is 1. The standard InChI is InChI=1S/C16H22ClN3O2S.ClH/c1-23-9-6-14(18)16(22)20-8-7-19(15(21)11-20)10-12-2-4-13(17)5-3-12;/h2-5,14H,6-11,18H2,1H3;1H/t14-;/m0./s1. The Kier molecular flexibility index (Phi) is 8.91. The maximum atomic E-state index is 12.3. The van der Waals surface area contributed by atoms with Gasteiger partial charge in [0.15, 0.2) is 0 Å². The second-order valence-corrected chi connectivity index (χ2v) is 7.01. The van der Waals surface area contributed by atoms with E-state index in [9.17, 15) is 9.59 Å². The van der Waals surface area contributed by atoms with Crippen LogP contribution in [-0.4, -0.2) is 59.3 Å².